The fourth-order valence-corrected chi connectivity index (χ4v) is 2.76. The van der Waals surface area contributed by atoms with Crippen LogP contribution in [-0.4, -0.2) is 11.0 Å². The van der Waals surface area contributed by atoms with Crippen molar-refractivity contribution in [1.82, 2.24) is 4.90 Å². The van der Waals surface area contributed by atoms with Crippen molar-refractivity contribution in [2.45, 2.75) is 25.9 Å². The minimum absolute atomic E-state index is 0.00246. The summed E-state index contributed by atoms with van der Waals surface area (Å²) in [6.45, 7) is 4.07. The summed E-state index contributed by atoms with van der Waals surface area (Å²) >= 11 is 0. The summed E-state index contributed by atoms with van der Waals surface area (Å²) < 4.78 is 5.44. The van der Waals surface area contributed by atoms with Crippen LogP contribution < -0.4 is 4.74 Å². The normalized spacial score (nSPS) is 19.2. The lowest BCUT2D eigenvalue weighted by molar-refractivity contribution is 0.0992. The van der Waals surface area contributed by atoms with Gasteiger partial charge in [0.05, 0.1) is 12.1 Å². The lowest BCUT2D eigenvalue weighted by atomic mass is 10.00. The number of benzene rings is 2. The molecule has 1 aliphatic heterocycles. The van der Waals surface area contributed by atoms with E-state index in [9.17, 15) is 4.79 Å². The van der Waals surface area contributed by atoms with Gasteiger partial charge in [0.2, 0.25) is 0 Å². The highest BCUT2D eigenvalue weighted by Gasteiger charge is 2.34. The van der Waals surface area contributed by atoms with Crippen molar-refractivity contribution in [3.05, 3.63) is 65.7 Å². The van der Waals surface area contributed by atoms with Gasteiger partial charge in [0.25, 0.3) is 0 Å². The van der Waals surface area contributed by atoms with Gasteiger partial charge in [-0.05, 0) is 25.5 Å². The number of ether oxygens (including phenoxy) is 1. The van der Waals surface area contributed by atoms with Crippen LogP contribution in [0.2, 0.25) is 0 Å². The van der Waals surface area contributed by atoms with Crippen molar-refractivity contribution in [2.75, 3.05) is 0 Å². The molecule has 0 fully saturated rings. The molecule has 2 aromatic rings. The zero-order chi connectivity index (χ0) is 14.1. The van der Waals surface area contributed by atoms with Gasteiger partial charge in [0.1, 0.15) is 5.75 Å². The predicted octanol–water partition coefficient (Wildman–Crippen LogP) is 4.32. The first-order valence-corrected chi connectivity index (χ1v) is 6.82. The Bertz CT molecular complexity index is 624. The van der Waals surface area contributed by atoms with Gasteiger partial charge in [0, 0.05) is 5.56 Å². The van der Waals surface area contributed by atoms with E-state index in [1.807, 2.05) is 68.4 Å². The number of hydrogen-bond donors (Lipinski definition) is 0. The van der Waals surface area contributed by atoms with Crippen molar-refractivity contribution in [3.8, 4) is 5.75 Å². The van der Waals surface area contributed by atoms with Gasteiger partial charge in [-0.25, -0.2) is 4.79 Å². The molecule has 3 heteroatoms. The fourth-order valence-electron chi connectivity index (χ4n) is 2.76. The average molecular weight is 267 g/mol. The molecule has 1 amide bonds. The Morgan fingerprint density at radius 1 is 1.05 bits per heavy atom. The summed E-state index contributed by atoms with van der Waals surface area (Å²) in [5.74, 6) is 0.668. The van der Waals surface area contributed by atoms with E-state index >= 15 is 0 Å². The maximum absolute atomic E-state index is 12.3. The number of carbonyl (C=O) groups excluding carboxylic acids is 1. The van der Waals surface area contributed by atoms with Crippen molar-refractivity contribution in [1.29, 1.82) is 0 Å². The Morgan fingerprint density at radius 2 is 1.70 bits per heavy atom. The maximum Gasteiger partial charge on any atom is 0.416 e. The van der Waals surface area contributed by atoms with Crippen LogP contribution in [0, 0.1) is 0 Å². The quantitative estimate of drug-likeness (QED) is 0.810. The number of amides is 1. The van der Waals surface area contributed by atoms with Crippen LogP contribution in [0.3, 0.4) is 0 Å². The molecule has 3 nitrogen and oxygen atoms in total. The largest absolute Gasteiger partial charge is 0.416 e. The van der Waals surface area contributed by atoms with Crippen molar-refractivity contribution in [3.63, 3.8) is 0 Å². The lowest BCUT2D eigenvalue weighted by Gasteiger charge is -2.38. The van der Waals surface area contributed by atoms with Crippen LogP contribution in [-0.2, 0) is 0 Å². The first-order chi connectivity index (χ1) is 9.68. The van der Waals surface area contributed by atoms with Crippen LogP contribution in [0.4, 0.5) is 4.79 Å². The number of hydrogen-bond acceptors (Lipinski definition) is 2. The van der Waals surface area contributed by atoms with Gasteiger partial charge in [-0.1, -0.05) is 48.5 Å². The molecule has 1 aliphatic rings. The second-order valence-corrected chi connectivity index (χ2v) is 5.08. The molecule has 2 atom stereocenters. The molecule has 1 heterocycles. The van der Waals surface area contributed by atoms with E-state index < -0.39 is 0 Å². The first-order valence-electron chi connectivity index (χ1n) is 6.82. The molecule has 0 spiro atoms. The summed E-state index contributed by atoms with van der Waals surface area (Å²) in [7, 11) is 0. The van der Waals surface area contributed by atoms with Crippen molar-refractivity contribution >= 4 is 6.09 Å². The van der Waals surface area contributed by atoms with E-state index in [0.717, 1.165) is 11.1 Å². The molecular formula is C17H17NO2. The molecule has 0 saturated heterocycles. The molecule has 0 radical (unpaired) electrons. The van der Waals surface area contributed by atoms with Gasteiger partial charge in [-0.3, -0.25) is 4.90 Å². The van der Waals surface area contributed by atoms with Crippen LogP contribution in [0.15, 0.2) is 54.6 Å². The van der Waals surface area contributed by atoms with Gasteiger partial charge in [0.15, 0.2) is 0 Å². The average Bonchev–Trinajstić information content (AvgIpc) is 2.48. The summed E-state index contributed by atoms with van der Waals surface area (Å²) in [5.41, 5.74) is 2.16. The van der Waals surface area contributed by atoms with Crippen LogP contribution in [0.1, 0.15) is 37.1 Å². The monoisotopic (exact) mass is 267 g/mol. The minimum atomic E-state index is -0.285. The Kier molecular flexibility index (Phi) is 3.18. The number of fused-ring (bicyclic) bond motifs is 1. The van der Waals surface area contributed by atoms with Crippen molar-refractivity contribution < 1.29 is 9.53 Å². The fraction of sp³-hybridized carbons (Fsp3) is 0.235. The maximum atomic E-state index is 12.3. The smallest absolute Gasteiger partial charge is 0.410 e. The number of para-hydroxylation sites is 1. The summed E-state index contributed by atoms with van der Waals surface area (Å²) in [4.78, 5) is 14.1. The van der Waals surface area contributed by atoms with Crippen LogP contribution in [0.25, 0.3) is 0 Å². The number of rotatable bonds is 2. The summed E-state index contributed by atoms with van der Waals surface area (Å²) in [5, 5.41) is 0. The van der Waals surface area contributed by atoms with E-state index in [4.69, 9.17) is 4.74 Å². The molecule has 0 aromatic heterocycles. The molecule has 0 bridgehead atoms. The molecule has 102 valence electrons. The Labute approximate surface area is 118 Å². The Balaban J connectivity index is 1.97. The minimum Gasteiger partial charge on any atom is -0.410 e. The molecule has 2 aromatic carbocycles. The standard InChI is InChI=1S/C17H17NO2/c1-12(14-8-4-3-5-9-14)18-13(2)15-10-6-7-11-16(15)20-17(18)19/h3-13H,1-2H3/t12-,13?/m1/s1. The number of nitrogens with zero attached hydrogens (tertiary/aromatic N) is 1. The lowest BCUT2D eigenvalue weighted by Crippen LogP contribution is -2.41. The van der Waals surface area contributed by atoms with Gasteiger partial charge in [-0.15, -0.1) is 0 Å². The molecule has 1 unspecified atom stereocenters. The summed E-state index contributed by atoms with van der Waals surface area (Å²) in [6.07, 6.45) is -0.285. The highest BCUT2D eigenvalue weighted by atomic mass is 16.6. The summed E-state index contributed by atoms with van der Waals surface area (Å²) in [6, 6.07) is 17.7. The highest BCUT2D eigenvalue weighted by molar-refractivity contribution is 5.75. The topological polar surface area (TPSA) is 29.5 Å². The first kappa shape index (κ1) is 12.7. The third-order valence-corrected chi connectivity index (χ3v) is 3.89. The van der Waals surface area contributed by atoms with E-state index in [0.29, 0.717) is 5.75 Å². The molecule has 0 N–H and O–H groups in total. The number of carbonyl (C=O) groups is 1. The second kappa shape index (κ2) is 5.00. The van der Waals surface area contributed by atoms with Crippen LogP contribution >= 0.6 is 0 Å². The molecule has 20 heavy (non-hydrogen) atoms. The molecule has 3 rings (SSSR count). The predicted molar refractivity (Wildman–Crippen MR) is 77.6 cm³/mol. The molecule has 0 aliphatic carbocycles. The Morgan fingerprint density at radius 3 is 2.45 bits per heavy atom. The van der Waals surface area contributed by atoms with Gasteiger partial charge >= 0.3 is 6.09 Å². The van der Waals surface area contributed by atoms with E-state index in [1.54, 1.807) is 4.90 Å². The third-order valence-electron chi connectivity index (χ3n) is 3.89. The van der Waals surface area contributed by atoms with Crippen LogP contribution in [0.5, 0.6) is 5.75 Å². The SMILES string of the molecule is CC1c2ccccc2OC(=O)N1[C@H](C)c1ccccc1. The molecule has 0 saturated carbocycles. The van der Waals surface area contributed by atoms with Crippen molar-refractivity contribution in [2.24, 2.45) is 0 Å². The van der Waals surface area contributed by atoms with E-state index in [1.165, 1.54) is 0 Å². The Hall–Kier alpha value is -2.29. The van der Waals surface area contributed by atoms with Gasteiger partial charge in [-0.2, -0.15) is 0 Å². The van der Waals surface area contributed by atoms with E-state index in [2.05, 4.69) is 0 Å². The zero-order valence-corrected chi connectivity index (χ0v) is 11.6. The second-order valence-electron chi connectivity index (χ2n) is 5.08. The third kappa shape index (κ3) is 2.05. The molecular weight excluding hydrogens is 250 g/mol. The van der Waals surface area contributed by atoms with Gasteiger partial charge < -0.3 is 4.74 Å². The van der Waals surface area contributed by atoms with E-state index in [-0.39, 0.29) is 18.2 Å². The zero-order valence-electron chi connectivity index (χ0n) is 11.6. The highest BCUT2D eigenvalue weighted by Crippen LogP contribution is 2.39.